The minimum atomic E-state index is -0.956. The molecule has 2 aromatic heterocycles. The van der Waals surface area contributed by atoms with Crippen molar-refractivity contribution in [1.29, 1.82) is 0 Å². The van der Waals surface area contributed by atoms with Crippen LogP contribution in [0.2, 0.25) is 0 Å². The number of hydrogen-bond acceptors (Lipinski definition) is 2. The highest BCUT2D eigenvalue weighted by Crippen LogP contribution is 2.29. The zero-order chi connectivity index (χ0) is 17.1. The average molecular weight is 327 g/mol. The van der Waals surface area contributed by atoms with Crippen molar-refractivity contribution in [3.8, 4) is 0 Å². The fourth-order valence-corrected chi connectivity index (χ4v) is 2.63. The quantitative estimate of drug-likeness (QED) is 0.797. The van der Waals surface area contributed by atoms with Crippen LogP contribution >= 0.6 is 0 Å². The first-order chi connectivity index (χ1) is 11.6. The molecule has 2 heterocycles. The van der Waals surface area contributed by atoms with E-state index in [4.69, 9.17) is 0 Å². The summed E-state index contributed by atoms with van der Waals surface area (Å²) in [5.41, 5.74) is 1.57. The second kappa shape index (κ2) is 6.62. The Morgan fingerprint density at radius 2 is 1.96 bits per heavy atom. The van der Waals surface area contributed by atoms with Gasteiger partial charge >= 0.3 is 0 Å². The zero-order valence-corrected chi connectivity index (χ0v) is 12.9. The van der Waals surface area contributed by atoms with Gasteiger partial charge in [-0.2, -0.15) is 0 Å². The summed E-state index contributed by atoms with van der Waals surface area (Å²) in [4.78, 5) is 21.0. The molecular formula is C18H15F2N3O. The summed E-state index contributed by atoms with van der Waals surface area (Å²) >= 11 is 0. The Morgan fingerprint density at radius 3 is 2.58 bits per heavy atom. The summed E-state index contributed by atoms with van der Waals surface area (Å²) < 4.78 is 27.0. The molecule has 1 atom stereocenters. The Kier molecular flexibility index (Phi) is 4.37. The molecule has 1 amide bonds. The lowest BCUT2D eigenvalue weighted by Crippen LogP contribution is -2.32. The summed E-state index contributed by atoms with van der Waals surface area (Å²) in [6, 6.07) is 9.93. The molecule has 0 aliphatic heterocycles. The van der Waals surface area contributed by atoms with Crippen LogP contribution in [-0.4, -0.2) is 27.8 Å². The number of nitrogens with one attached hydrogen (secondary N) is 1. The van der Waals surface area contributed by atoms with Gasteiger partial charge in [0.15, 0.2) is 11.6 Å². The van der Waals surface area contributed by atoms with Crippen LogP contribution in [0.4, 0.5) is 8.78 Å². The van der Waals surface area contributed by atoms with Gasteiger partial charge in [-0.05, 0) is 41.5 Å². The van der Waals surface area contributed by atoms with E-state index in [0.717, 1.165) is 12.1 Å². The van der Waals surface area contributed by atoms with Gasteiger partial charge in [-0.1, -0.05) is 12.1 Å². The Morgan fingerprint density at radius 1 is 1.12 bits per heavy atom. The van der Waals surface area contributed by atoms with Crippen LogP contribution in [0.15, 0.2) is 61.1 Å². The SMILES string of the molecule is CN(C(=O)c1ccc[nH]1)C(c1cccnc1)c1ccc(F)c(F)c1. The molecular weight excluding hydrogens is 312 g/mol. The minimum Gasteiger partial charge on any atom is -0.357 e. The van der Waals surface area contributed by atoms with Gasteiger partial charge in [0.2, 0.25) is 0 Å². The van der Waals surface area contributed by atoms with Crippen LogP contribution in [0.5, 0.6) is 0 Å². The van der Waals surface area contributed by atoms with Crippen molar-refractivity contribution in [3.63, 3.8) is 0 Å². The maximum absolute atomic E-state index is 13.7. The molecule has 3 rings (SSSR count). The zero-order valence-electron chi connectivity index (χ0n) is 12.9. The standard InChI is InChI=1S/C18H15F2N3O/c1-23(18(24)16-5-3-9-22-16)17(13-4-2-8-21-11-13)12-6-7-14(19)15(20)10-12/h2-11,17,22H,1H3. The normalized spacial score (nSPS) is 12.0. The monoisotopic (exact) mass is 327 g/mol. The van der Waals surface area contributed by atoms with Crippen molar-refractivity contribution in [2.45, 2.75) is 6.04 Å². The van der Waals surface area contributed by atoms with E-state index in [1.807, 2.05) is 0 Å². The molecule has 4 nitrogen and oxygen atoms in total. The largest absolute Gasteiger partial charge is 0.357 e. The van der Waals surface area contributed by atoms with E-state index >= 15 is 0 Å². The van der Waals surface area contributed by atoms with E-state index in [2.05, 4.69) is 9.97 Å². The lowest BCUT2D eigenvalue weighted by atomic mass is 9.98. The number of H-pyrrole nitrogens is 1. The van der Waals surface area contributed by atoms with Crippen molar-refractivity contribution in [1.82, 2.24) is 14.9 Å². The molecule has 6 heteroatoms. The molecule has 24 heavy (non-hydrogen) atoms. The Bertz CT molecular complexity index is 835. The van der Waals surface area contributed by atoms with Crippen LogP contribution in [0.1, 0.15) is 27.7 Å². The molecule has 122 valence electrons. The third-order valence-electron chi connectivity index (χ3n) is 3.80. The predicted molar refractivity (Wildman–Crippen MR) is 85.3 cm³/mol. The van der Waals surface area contributed by atoms with Crippen LogP contribution in [0.25, 0.3) is 0 Å². The topological polar surface area (TPSA) is 49.0 Å². The summed E-state index contributed by atoms with van der Waals surface area (Å²) in [6.45, 7) is 0. The first kappa shape index (κ1) is 15.9. The van der Waals surface area contributed by atoms with Gasteiger partial charge in [0, 0.05) is 25.6 Å². The molecule has 0 aliphatic carbocycles. The van der Waals surface area contributed by atoms with Crippen molar-refractivity contribution < 1.29 is 13.6 Å². The number of nitrogens with zero attached hydrogens (tertiary/aromatic N) is 2. The molecule has 3 aromatic rings. The first-order valence-electron chi connectivity index (χ1n) is 7.33. The lowest BCUT2D eigenvalue weighted by molar-refractivity contribution is 0.0749. The number of halogens is 2. The van der Waals surface area contributed by atoms with Crippen LogP contribution in [0, 0.1) is 11.6 Å². The van der Waals surface area contributed by atoms with Gasteiger partial charge in [-0.15, -0.1) is 0 Å². The fraction of sp³-hybridized carbons (Fsp3) is 0.111. The predicted octanol–water partition coefficient (Wildman–Crippen LogP) is 3.55. The molecule has 0 aliphatic rings. The second-order valence-electron chi connectivity index (χ2n) is 5.36. The van der Waals surface area contributed by atoms with Gasteiger partial charge < -0.3 is 9.88 Å². The van der Waals surface area contributed by atoms with Crippen molar-refractivity contribution in [2.75, 3.05) is 7.05 Å². The number of pyridine rings is 1. The molecule has 0 bridgehead atoms. The lowest BCUT2D eigenvalue weighted by Gasteiger charge is -2.28. The molecule has 0 fully saturated rings. The Hall–Kier alpha value is -3.02. The number of carbonyl (C=O) groups excluding carboxylic acids is 1. The van der Waals surface area contributed by atoms with Crippen LogP contribution in [0.3, 0.4) is 0 Å². The van der Waals surface area contributed by atoms with Gasteiger partial charge in [0.05, 0.1) is 6.04 Å². The molecule has 0 saturated carbocycles. The number of aromatic nitrogens is 2. The summed E-state index contributed by atoms with van der Waals surface area (Å²) in [5, 5.41) is 0. The van der Waals surface area contributed by atoms with E-state index in [9.17, 15) is 13.6 Å². The highest BCUT2D eigenvalue weighted by molar-refractivity contribution is 5.92. The third kappa shape index (κ3) is 3.03. The van der Waals surface area contributed by atoms with Crippen molar-refractivity contribution >= 4 is 5.91 Å². The van der Waals surface area contributed by atoms with E-state index in [-0.39, 0.29) is 5.91 Å². The van der Waals surface area contributed by atoms with E-state index in [1.54, 1.807) is 49.9 Å². The molecule has 0 saturated heterocycles. The number of rotatable bonds is 4. The molecule has 1 aromatic carbocycles. The first-order valence-corrected chi connectivity index (χ1v) is 7.33. The van der Waals surface area contributed by atoms with Crippen LogP contribution in [-0.2, 0) is 0 Å². The van der Waals surface area contributed by atoms with Gasteiger partial charge in [0.1, 0.15) is 5.69 Å². The summed E-state index contributed by atoms with van der Waals surface area (Å²) in [5.74, 6) is -2.15. The highest BCUT2D eigenvalue weighted by atomic mass is 19.2. The number of hydrogen-bond donors (Lipinski definition) is 1. The van der Waals surface area contributed by atoms with Gasteiger partial charge in [0.25, 0.3) is 5.91 Å². The summed E-state index contributed by atoms with van der Waals surface area (Å²) in [7, 11) is 1.61. The summed E-state index contributed by atoms with van der Waals surface area (Å²) in [6.07, 6.45) is 4.86. The number of amides is 1. The van der Waals surface area contributed by atoms with Crippen molar-refractivity contribution in [2.24, 2.45) is 0 Å². The Labute approximate surface area is 137 Å². The smallest absolute Gasteiger partial charge is 0.270 e. The molecule has 1 N–H and O–H groups in total. The van der Waals surface area contributed by atoms with Crippen LogP contribution < -0.4 is 0 Å². The van der Waals surface area contributed by atoms with E-state index in [1.165, 1.54) is 11.0 Å². The number of aromatic amines is 1. The van der Waals surface area contributed by atoms with Gasteiger partial charge in [-0.25, -0.2) is 8.78 Å². The van der Waals surface area contributed by atoms with Gasteiger partial charge in [-0.3, -0.25) is 9.78 Å². The molecule has 0 radical (unpaired) electrons. The van der Waals surface area contributed by atoms with E-state index in [0.29, 0.717) is 16.8 Å². The molecule has 1 unspecified atom stereocenters. The Balaban J connectivity index is 2.05. The molecule has 0 spiro atoms. The highest BCUT2D eigenvalue weighted by Gasteiger charge is 2.26. The van der Waals surface area contributed by atoms with Crippen molar-refractivity contribution in [3.05, 3.63) is 89.5 Å². The van der Waals surface area contributed by atoms with E-state index < -0.39 is 17.7 Å². The fourth-order valence-electron chi connectivity index (χ4n) is 2.63. The number of carbonyl (C=O) groups is 1. The maximum Gasteiger partial charge on any atom is 0.270 e. The maximum atomic E-state index is 13.7. The minimum absolute atomic E-state index is 0.265. The average Bonchev–Trinajstić information content (AvgIpc) is 3.13. The number of benzene rings is 1. The second-order valence-corrected chi connectivity index (χ2v) is 5.36. The third-order valence-corrected chi connectivity index (χ3v) is 3.80.